The monoisotopic (exact) mass is 1080 g/mol. The van der Waals surface area contributed by atoms with Gasteiger partial charge in [-0.1, -0.05) is 147 Å². The summed E-state index contributed by atoms with van der Waals surface area (Å²) in [7, 11) is -9.41. The lowest BCUT2D eigenvalue weighted by Gasteiger charge is -2.48. The van der Waals surface area contributed by atoms with Crippen LogP contribution in [-0.2, 0) is 22.1 Å². The molecule has 0 aliphatic heterocycles. The Hall–Kier alpha value is 0.364. The van der Waals surface area contributed by atoms with Gasteiger partial charge in [0.15, 0.2) is 41.6 Å². The molecule has 3 fully saturated rings. The Labute approximate surface area is 449 Å². The molecule has 0 saturated heterocycles. The molecule has 5 nitrogen and oxygen atoms in total. The molecule has 0 spiro atoms. The zero-order valence-electron chi connectivity index (χ0n) is 52.2. The van der Waals surface area contributed by atoms with Gasteiger partial charge in [0.2, 0.25) is 0 Å². The Bertz CT molecular complexity index is 1600. The molecular weight excluding hydrogens is 953 g/mol. The van der Waals surface area contributed by atoms with Crippen LogP contribution in [0.15, 0.2) is 23.3 Å². The topological polar surface area (TPSA) is 46.2 Å². The molecule has 3 aliphatic carbocycles. The Morgan fingerprint density at radius 2 is 1.06 bits per heavy atom. The highest BCUT2D eigenvalue weighted by atomic mass is 28.4. The SMILES string of the molecule is CC[Si](CC)(CC)O[C@H](CC[C@H](CCCC(C)(C)O[Si](CC)(CC)CC)[C@H]1CC[C@@H]2/C(=C/C=C3/C[C@@H](O[Si](C)(C)C(C)(C)C)C[C@@H](O[Si](C)(C)C(C)(C)C)C3)CCC[C@@]21C)C(C)(C)O[Si](CC)(CC)CC. The maximum absolute atomic E-state index is 7.72. The van der Waals surface area contributed by atoms with Crippen LogP contribution in [0.5, 0.6) is 0 Å². The summed E-state index contributed by atoms with van der Waals surface area (Å²) in [6, 6.07) is 10.7. The van der Waals surface area contributed by atoms with E-state index < -0.39 is 41.6 Å². The van der Waals surface area contributed by atoms with Gasteiger partial charge in [-0.25, -0.2) is 0 Å². The molecule has 0 N–H and O–H groups in total. The number of hydrogen-bond donors (Lipinski definition) is 0. The fourth-order valence-electron chi connectivity index (χ4n) is 13.7. The minimum Gasteiger partial charge on any atom is -0.414 e. The summed E-state index contributed by atoms with van der Waals surface area (Å²) in [4.78, 5) is 0. The van der Waals surface area contributed by atoms with Gasteiger partial charge in [-0.2, -0.15) is 0 Å². The van der Waals surface area contributed by atoms with E-state index in [-0.39, 0.29) is 39.6 Å². The zero-order valence-corrected chi connectivity index (χ0v) is 57.2. The lowest BCUT2D eigenvalue weighted by molar-refractivity contribution is -0.0376. The maximum Gasteiger partial charge on any atom is 0.192 e. The normalized spacial score (nSPS) is 25.8. The van der Waals surface area contributed by atoms with Crippen molar-refractivity contribution in [1.82, 2.24) is 0 Å². The van der Waals surface area contributed by atoms with Gasteiger partial charge in [0.05, 0.1) is 29.5 Å². The minimum absolute atomic E-state index is 0.0811. The first-order valence-corrected chi connectivity index (χ1v) is 43.9. The summed E-state index contributed by atoms with van der Waals surface area (Å²) in [5, 5.41) is 0.368. The first-order chi connectivity index (χ1) is 32.7. The molecule has 0 aromatic rings. The summed E-state index contributed by atoms with van der Waals surface area (Å²) < 4.78 is 37.1. The molecule has 418 valence electrons. The number of allylic oxidation sites excluding steroid dienone is 3. The van der Waals surface area contributed by atoms with E-state index in [4.69, 9.17) is 22.1 Å². The lowest BCUT2D eigenvalue weighted by Crippen LogP contribution is -2.54. The van der Waals surface area contributed by atoms with E-state index >= 15 is 0 Å². The smallest absolute Gasteiger partial charge is 0.192 e. The molecule has 3 rings (SSSR count). The Morgan fingerprint density at radius 1 is 0.592 bits per heavy atom. The fourth-order valence-corrected chi connectivity index (χ4v) is 25.8. The molecule has 0 bridgehead atoms. The van der Waals surface area contributed by atoms with Crippen LogP contribution in [0.25, 0.3) is 0 Å². The first-order valence-electron chi connectivity index (χ1n) is 30.5. The summed E-state index contributed by atoms with van der Waals surface area (Å²) in [6.45, 7) is 58.0. The zero-order chi connectivity index (χ0) is 54.1. The van der Waals surface area contributed by atoms with Gasteiger partial charge in [0, 0.05) is 0 Å². The highest BCUT2D eigenvalue weighted by Gasteiger charge is 2.53. The van der Waals surface area contributed by atoms with Crippen molar-refractivity contribution < 1.29 is 22.1 Å². The molecular formula is C61H124O5Si5. The van der Waals surface area contributed by atoms with E-state index in [0.29, 0.717) is 23.2 Å². The molecule has 10 heteroatoms. The van der Waals surface area contributed by atoms with Gasteiger partial charge >= 0.3 is 0 Å². The Balaban J connectivity index is 2.07. The highest BCUT2D eigenvalue weighted by molar-refractivity contribution is 6.75. The molecule has 3 aliphatic rings. The molecule has 0 aromatic heterocycles. The van der Waals surface area contributed by atoms with Gasteiger partial charge in [0.1, 0.15) is 0 Å². The molecule has 3 saturated carbocycles. The van der Waals surface area contributed by atoms with Crippen molar-refractivity contribution in [3.8, 4) is 0 Å². The Kier molecular flexibility index (Phi) is 24.4. The van der Waals surface area contributed by atoms with E-state index in [2.05, 4.69) is 177 Å². The predicted octanol–water partition coefficient (Wildman–Crippen LogP) is 20.6. The lowest BCUT2D eigenvalue weighted by atomic mass is 9.60. The Morgan fingerprint density at radius 3 is 1.51 bits per heavy atom. The summed E-state index contributed by atoms with van der Waals surface area (Å²) in [5.41, 5.74) is 3.21. The van der Waals surface area contributed by atoms with Crippen LogP contribution in [-0.4, -0.2) is 71.1 Å². The van der Waals surface area contributed by atoms with Crippen LogP contribution in [0.1, 0.15) is 222 Å². The molecule has 0 amide bonds. The molecule has 7 atom stereocenters. The molecule has 0 unspecified atom stereocenters. The first kappa shape index (κ1) is 65.6. The number of fused-ring (bicyclic) bond motifs is 1. The van der Waals surface area contributed by atoms with E-state index in [1.165, 1.54) is 106 Å². The average Bonchev–Trinajstić information content (AvgIpc) is 3.65. The van der Waals surface area contributed by atoms with Gasteiger partial charge < -0.3 is 22.1 Å². The third-order valence-electron chi connectivity index (χ3n) is 21.3. The second-order valence-corrected chi connectivity index (χ2v) is 52.1. The molecule has 71 heavy (non-hydrogen) atoms. The quantitative estimate of drug-likeness (QED) is 0.0699. The van der Waals surface area contributed by atoms with Crippen LogP contribution in [0.3, 0.4) is 0 Å². The minimum atomic E-state index is -1.95. The van der Waals surface area contributed by atoms with E-state index in [1.54, 1.807) is 11.1 Å². The maximum atomic E-state index is 7.72. The van der Waals surface area contributed by atoms with Crippen molar-refractivity contribution in [3.63, 3.8) is 0 Å². The largest absolute Gasteiger partial charge is 0.414 e. The van der Waals surface area contributed by atoms with Crippen LogP contribution in [0.2, 0.25) is 90.7 Å². The van der Waals surface area contributed by atoms with Crippen LogP contribution in [0.4, 0.5) is 0 Å². The van der Waals surface area contributed by atoms with E-state index in [1.807, 2.05) is 0 Å². The molecule has 0 aromatic carbocycles. The molecule has 0 radical (unpaired) electrons. The predicted molar refractivity (Wildman–Crippen MR) is 326 cm³/mol. The third kappa shape index (κ3) is 16.9. The fraction of sp³-hybridized carbons (Fsp3) is 0.934. The van der Waals surface area contributed by atoms with E-state index in [0.717, 1.165) is 32.1 Å². The second-order valence-electron chi connectivity index (χ2n) is 28.4. The third-order valence-corrected chi connectivity index (χ3v) is 44.7. The summed E-state index contributed by atoms with van der Waals surface area (Å²) in [5.74, 6) is 2.04. The number of hydrogen-bond acceptors (Lipinski definition) is 5. The van der Waals surface area contributed by atoms with Crippen LogP contribution < -0.4 is 0 Å². The second kappa shape index (κ2) is 26.3. The average molecular weight is 1080 g/mol. The van der Waals surface area contributed by atoms with Crippen LogP contribution >= 0.6 is 0 Å². The van der Waals surface area contributed by atoms with Gasteiger partial charge in [-0.3, -0.25) is 0 Å². The highest BCUT2D eigenvalue weighted by Crippen LogP contribution is 2.61. The van der Waals surface area contributed by atoms with Crippen molar-refractivity contribution in [1.29, 1.82) is 0 Å². The summed E-state index contributed by atoms with van der Waals surface area (Å²) in [6.07, 6.45) is 21.5. The van der Waals surface area contributed by atoms with Crippen molar-refractivity contribution in [2.24, 2.45) is 23.2 Å². The van der Waals surface area contributed by atoms with E-state index in [9.17, 15) is 0 Å². The van der Waals surface area contributed by atoms with Gasteiger partial charge in [-0.15, -0.1) is 0 Å². The van der Waals surface area contributed by atoms with Crippen molar-refractivity contribution in [2.45, 2.75) is 342 Å². The molecule has 0 heterocycles. The van der Waals surface area contributed by atoms with Crippen molar-refractivity contribution in [2.75, 3.05) is 0 Å². The summed E-state index contributed by atoms with van der Waals surface area (Å²) >= 11 is 0. The van der Waals surface area contributed by atoms with Crippen molar-refractivity contribution >= 4 is 41.6 Å². The number of rotatable bonds is 29. The van der Waals surface area contributed by atoms with Crippen LogP contribution in [0, 0.1) is 23.2 Å². The van der Waals surface area contributed by atoms with Crippen molar-refractivity contribution in [3.05, 3.63) is 23.3 Å². The van der Waals surface area contributed by atoms with Gasteiger partial charge in [-0.05, 0) is 212 Å². The van der Waals surface area contributed by atoms with Gasteiger partial charge in [0.25, 0.3) is 0 Å². The standard InChI is InChI=1S/C61H124O5Si5/c1-25-69(26-2,27-3)64-56(60(18,19)66-71(31-7,32-8)33-9)43-40-51(36-34-44-59(16,17)65-70(28-4,29-5)30-6)55-42-41-54-50(37-35-45-61(54,55)20)39-38-49-46-52(62-67(21,22)57(10,11)12)48-53(47-49)63-68(23,24)58(13,14)15/h38-39,51-56H,25-37,40-48H2,1-24H3/b49-38-,50-39+/t51-,52+,53-,54+,55+,56+,61-/m0/s1.